The zero-order valence-corrected chi connectivity index (χ0v) is 20.8. The van der Waals surface area contributed by atoms with E-state index in [1.165, 1.54) is 10.6 Å². The summed E-state index contributed by atoms with van der Waals surface area (Å²) in [7, 11) is 3.48. The Balaban J connectivity index is 1.71. The normalized spacial score (nSPS) is 17.8. The SMILES string of the molecule is Cc1nc2c(-c3ccc(Cl)cc3F)nc(N3CC(c4cnn(C)c4)OC(C)(C)C3)nc2c(=O)n1C. The fourth-order valence-corrected chi connectivity index (χ4v) is 4.53. The van der Waals surface area contributed by atoms with E-state index in [1.54, 1.807) is 37.0 Å². The quantitative estimate of drug-likeness (QED) is 0.427. The van der Waals surface area contributed by atoms with Crippen LogP contribution in [0.2, 0.25) is 5.02 Å². The number of hydrogen-bond donors (Lipinski definition) is 0. The van der Waals surface area contributed by atoms with E-state index in [1.807, 2.05) is 32.0 Å². The van der Waals surface area contributed by atoms with Gasteiger partial charge in [-0.15, -0.1) is 0 Å². The van der Waals surface area contributed by atoms with Crippen molar-refractivity contribution < 1.29 is 9.13 Å². The van der Waals surface area contributed by atoms with Crippen LogP contribution in [-0.2, 0) is 18.8 Å². The molecule has 1 fully saturated rings. The first-order valence-electron chi connectivity index (χ1n) is 11.1. The Morgan fingerprint density at radius 3 is 2.63 bits per heavy atom. The molecular formula is C24H25ClFN7O2. The molecule has 11 heteroatoms. The second-order valence-corrected chi connectivity index (χ2v) is 9.85. The van der Waals surface area contributed by atoms with Crippen LogP contribution >= 0.6 is 11.6 Å². The maximum atomic E-state index is 15.0. The molecule has 1 aliphatic heterocycles. The third kappa shape index (κ3) is 4.28. The molecule has 1 atom stereocenters. The predicted molar refractivity (Wildman–Crippen MR) is 131 cm³/mol. The van der Waals surface area contributed by atoms with Crippen molar-refractivity contribution in [1.29, 1.82) is 0 Å². The fraction of sp³-hybridized carbons (Fsp3) is 0.375. The molecule has 0 saturated carbocycles. The van der Waals surface area contributed by atoms with Crippen molar-refractivity contribution in [2.45, 2.75) is 32.5 Å². The number of fused-ring (bicyclic) bond motifs is 1. The molecule has 9 nitrogen and oxygen atoms in total. The number of morpholine rings is 1. The highest BCUT2D eigenvalue weighted by atomic mass is 35.5. The average Bonchev–Trinajstić information content (AvgIpc) is 3.23. The van der Waals surface area contributed by atoms with Gasteiger partial charge in [0.25, 0.3) is 5.56 Å². The number of hydrogen-bond acceptors (Lipinski definition) is 7. The molecule has 0 amide bonds. The number of anilines is 1. The summed E-state index contributed by atoms with van der Waals surface area (Å²) in [6, 6.07) is 4.34. The molecule has 1 unspecified atom stereocenters. The van der Waals surface area contributed by atoms with E-state index < -0.39 is 11.4 Å². The van der Waals surface area contributed by atoms with Crippen LogP contribution in [0.4, 0.5) is 10.3 Å². The molecule has 3 aromatic heterocycles. The average molecular weight is 498 g/mol. The van der Waals surface area contributed by atoms with Crippen LogP contribution in [0.1, 0.15) is 31.3 Å². The first-order chi connectivity index (χ1) is 16.5. The van der Waals surface area contributed by atoms with E-state index >= 15 is 4.39 Å². The molecule has 4 heterocycles. The van der Waals surface area contributed by atoms with Gasteiger partial charge in [-0.25, -0.2) is 19.3 Å². The zero-order valence-electron chi connectivity index (χ0n) is 20.1. The van der Waals surface area contributed by atoms with Crippen molar-refractivity contribution in [2.75, 3.05) is 18.0 Å². The second kappa shape index (κ2) is 8.39. The van der Waals surface area contributed by atoms with E-state index in [-0.39, 0.29) is 39.0 Å². The molecule has 4 aromatic rings. The first kappa shape index (κ1) is 23.4. The van der Waals surface area contributed by atoms with Gasteiger partial charge in [-0.05, 0) is 39.0 Å². The van der Waals surface area contributed by atoms with Gasteiger partial charge in [-0.2, -0.15) is 5.10 Å². The Bertz CT molecular complexity index is 1510. The third-order valence-corrected chi connectivity index (χ3v) is 6.36. The summed E-state index contributed by atoms with van der Waals surface area (Å²) in [4.78, 5) is 29.0. The number of halogens is 2. The first-order valence-corrected chi connectivity index (χ1v) is 11.5. The molecule has 0 spiro atoms. The fourth-order valence-electron chi connectivity index (χ4n) is 4.37. The van der Waals surface area contributed by atoms with E-state index in [4.69, 9.17) is 21.3 Å². The van der Waals surface area contributed by atoms with Crippen molar-refractivity contribution in [3.8, 4) is 11.3 Å². The number of aryl methyl sites for hydroxylation is 2. The van der Waals surface area contributed by atoms with E-state index in [0.717, 1.165) is 5.56 Å². The van der Waals surface area contributed by atoms with E-state index in [2.05, 4.69) is 15.1 Å². The predicted octanol–water partition coefficient (Wildman–Crippen LogP) is 3.58. The number of aromatic nitrogens is 6. The van der Waals surface area contributed by atoms with Gasteiger partial charge >= 0.3 is 0 Å². The molecule has 0 N–H and O–H groups in total. The maximum absolute atomic E-state index is 15.0. The van der Waals surface area contributed by atoms with Gasteiger partial charge < -0.3 is 9.64 Å². The summed E-state index contributed by atoms with van der Waals surface area (Å²) in [6.45, 7) is 6.57. The number of ether oxygens (including phenoxy) is 1. The summed E-state index contributed by atoms with van der Waals surface area (Å²) in [5.74, 6) is 0.215. The Morgan fingerprint density at radius 2 is 1.94 bits per heavy atom. The van der Waals surface area contributed by atoms with Gasteiger partial charge in [0, 0.05) is 43.0 Å². The lowest BCUT2D eigenvalue weighted by molar-refractivity contribution is -0.0859. The molecule has 1 aliphatic rings. The van der Waals surface area contributed by atoms with Gasteiger partial charge in [0.15, 0.2) is 5.52 Å². The van der Waals surface area contributed by atoms with Crippen molar-refractivity contribution in [1.82, 2.24) is 29.3 Å². The summed E-state index contributed by atoms with van der Waals surface area (Å²) in [5, 5.41) is 4.52. The van der Waals surface area contributed by atoms with Crippen molar-refractivity contribution >= 4 is 28.6 Å². The summed E-state index contributed by atoms with van der Waals surface area (Å²) in [5.41, 5.74) is 0.842. The second-order valence-electron chi connectivity index (χ2n) is 9.41. The minimum absolute atomic E-state index is 0.120. The van der Waals surface area contributed by atoms with Crippen molar-refractivity contribution in [3.63, 3.8) is 0 Å². The highest BCUT2D eigenvalue weighted by Crippen LogP contribution is 2.35. The molecule has 1 aromatic carbocycles. The highest BCUT2D eigenvalue weighted by Gasteiger charge is 2.36. The molecule has 35 heavy (non-hydrogen) atoms. The van der Waals surface area contributed by atoms with Gasteiger partial charge in [0.2, 0.25) is 5.95 Å². The molecule has 0 aliphatic carbocycles. The molecule has 1 saturated heterocycles. The number of benzene rings is 1. The van der Waals surface area contributed by atoms with Crippen LogP contribution < -0.4 is 10.5 Å². The Hall–Kier alpha value is -3.37. The molecule has 0 radical (unpaired) electrons. The molecule has 0 bridgehead atoms. The van der Waals surface area contributed by atoms with Crippen molar-refractivity contribution in [3.05, 3.63) is 63.2 Å². The summed E-state index contributed by atoms with van der Waals surface area (Å²) >= 11 is 5.98. The Kier molecular flexibility index (Phi) is 5.60. The van der Waals surface area contributed by atoms with E-state index in [0.29, 0.717) is 24.9 Å². The minimum atomic E-state index is -0.556. The molecule has 182 valence electrons. The third-order valence-electron chi connectivity index (χ3n) is 6.12. The topological polar surface area (TPSA) is 91.0 Å². The number of nitrogens with zero attached hydrogens (tertiary/aromatic N) is 7. The Morgan fingerprint density at radius 1 is 1.17 bits per heavy atom. The van der Waals surface area contributed by atoms with Crippen LogP contribution in [0.5, 0.6) is 0 Å². The van der Waals surface area contributed by atoms with Gasteiger partial charge in [0.1, 0.15) is 29.0 Å². The minimum Gasteiger partial charge on any atom is -0.364 e. The zero-order chi connectivity index (χ0) is 25.1. The number of rotatable bonds is 3. The van der Waals surface area contributed by atoms with Crippen molar-refractivity contribution in [2.24, 2.45) is 14.1 Å². The van der Waals surface area contributed by atoms with Crippen LogP contribution in [-0.4, -0.2) is 48.0 Å². The largest absolute Gasteiger partial charge is 0.364 e. The van der Waals surface area contributed by atoms with Gasteiger partial charge in [-0.1, -0.05) is 11.6 Å². The maximum Gasteiger partial charge on any atom is 0.279 e. The van der Waals surface area contributed by atoms with Gasteiger partial charge in [-0.3, -0.25) is 14.0 Å². The van der Waals surface area contributed by atoms with Crippen LogP contribution in [0.3, 0.4) is 0 Å². The lowest BCUT2D eigenvalue weighted by Crippen LogP contribution is -2.50. The lowest BCUT2D eigenvalue weighted by Gasteiger charge is -2.42. The lowest BCUT2D eigenvalue weighted by atomic mass is 10.0. The summed E-state index contributed by atoms with van der Waals surface area (Å²) < 4.78 is 24.5. The summed E-state index contributed by atoms with van der Waals surface area (Å²) in [6.07, 6.45) is 3.38. The highest BCUT2D eigenvalue weighted by molar-refractivity contribution is 6.30. The van der Waals surface area contributed by atoms with Crippen LogP contribution in [0.15, 0.2) is 35.4 Å². The smallest absolute Gasteiger partial charge is 0.279 e. The van der Waals surface area contributed by atoms with Gasteiger partial charge in [0.05, 0.1) is 18.3 Å². The monoisotopic (exact) mass is 497 g/mol. The molecule has 5 rings (SSSR count). The van der Waals surface area contributed by atoms with E-state index in [9.17, 15) is 4.79 Å². The Labute approximate surface area is 206 Å². The molecular weight excluding hydrogens is 473 g/mol. The van der Waals surface area contributed by atoms with Crippen LogP contribution in [0.25, 0.3) is 22.3 Å². The van der Waals surface area contributed by atoms with Crippen LogP contribution in [0, 0.1) is 12.7 Å². The standard InChI is InChI=1S/C24H25ClFN7O2/c1-13-28-20-19(16-7-6-15(25)8-17(16)26)29-23(30-21(20)22(34)32(13)5)33-11-18(35-24(2,3)12-33)14-9-27-31(4)10-14/h6-10,18H,11-12H2,1-5H3.